The van der Waals surface area contributed by atoms with Gasteiger partial charge in [0.15, 0.2) is 9.84 Å². The summed E-state index contributed by atoms with van der Waals surface area (Å²) >= 11 is 3.33. The Hall–Kier alpha value is -2.19. The number of benzene rings is 2. The zero-order valence-electron chi connectivity index (χ0n) is 15.9. The molecule has 0 aromatic heterocycles. The first kappa shape index (κ1) is 20.5. The second-order valence-corrected chi connectivity index (χ2v) is 9.81. The smallest absolute Gasteiger partial charge is 0.239 e. The molecule has 28 heavy (non-hydrogen) atoms. The van der Waals surface area contributed by atoms with Gasteiger partial charge in [0.25, 0.3) is 0 Å². The highest BCUT2D eigenvalue weighted by molar-refractivity contribution is 9.10. The lowest BCUT2D eigenvalue weighted by Crippen LogP contribution is -2.29. The van der Waals surface area contributed by atoms with E-state index in [1.807, 2.05) is 26.0 Å². The number of aryl methyl sites for hydroxylation is 2. The summed E-state index contributed by atoms with van der Waals surface area (Å²) in [4.78, 5) is 25.8. The van der Waals surface area contributed by atoms with Gasteiger partial charge < -0.3 is 10.2 Å². The predicted octanol–water partition coefficient (Wildman–Crippen LogP) is 3.39. The van der Waals surface area contributed by atoms with Crippen LogP contribution in [0.4, 0.5) is 11.4 Å². The third-order valence-corrected chi connectivity index (χ3v) is 6.90. The molecule has 6 nitrogen and oxygen atoms in total. The second-order valence-electron chi connectivity index (χ2n) is 6.94. The number of hydrogen-bond acceptors (Lipinski definition) is 4. The lowest BCUT2D eigenvalue weighted by molar-refractivity contribution is -0.116. The Morgan fingerprint density at radius 2 is 1.86 bits per heavy atom. The van der Waals surface area contributed by atoms with Crippen molar-refractivity contribution in [3.8, 4) is 0 Å². The van der Waals surface area contributed by atoms with Gasteiger partial charge in [-0.15, -0.1) is 0 Å². The van der Waals surface area contributed by atoms with E-state index >= 15 is 0 Å². The quantitative estimate of drug-likeness (QED) is 0.751. The van der Waals surface area contributed by atoms with E-state index in [9.17, 15) is 18.0 Å². The molecule has 0 unspecified atom stereocenters. The summed E-state index contributed by atoms with van der Waals surface area (Å²) in [5, 5.41) is 2.64. The number of halogens is 1. The van der Waals surface area contributed by atoms with Gasteiger partial charge in [-0.25, -0.2) is 8.42 Å². The SMILES string of the molecule is CC(=O)N1CCc2cc(Br)cc(S(=O)(=O)CC(=O)Nc3ccc(C)c(C)c3)c21. The Morgan fingerprint density at radius 3 is 2.50 bits per heavy atom. The maximum atomic E-state index is 13.0. The molecular formula is C20H21BrN2O4S. The van der Waals surface area contributed by atoms with Crippen molar-refractivity contribution in [3.05, 3.63) is 51.5 Å². The van der Waals surface area contributed by atoms with Crippen LogP contribution < -0.4 is 10.2 Å². The summed E-state index contributed by atoms with van der Waals surface area (Å²) in [7, 11) is -3.95. The molecule has 3 rings (SSSR count). The highest BCUT2D eigenvalue weighted by Crippen LogP contribution is 2.38. The van der Waals surface area contributed by atoms with Crippen LogP contribution in [0.3, 0.4) is 0 Å². The van der Waals surface area contributed by atoms with Crippen LogP contribution in [-0.4, -0.2) is 32.5 Å². The Morgan fingerprint density at radius 1 is 1.14 bits per heavy atom. The number of rotatable bonds is 4. The minimum absolute atomic E-state index is 0.000174. The van der Waals surface area contributed by atoms with Crippen molar-refractivity contribution in [2.24, 2.45) is 0 Å². The highest BCUT2D eigenvalue weighted by atomic mass is 79.9. The normalized spacial score (nSPS) is 13.4. The van der Waals surface area contributed by atoms with Gasteiger partial charge in [-0.1, -0.05) is 22.0 Å². The molecule has 0 atom stereocenters. The molecule has 1 heterocycles. The molecule has 0 saturated carbocycles. The first-order valence-corrected chi connectivity index (χ1v) is 11.2. The standard InChI is InChI=1S/C20H21BrN2O4S/c1-12-4-5-17(8-13(12)2)22-19(25)11-28(26,27)18-10-16(21)9-15-6-7-23(14(3)24)20(15)18/h4-5,8-10H,6-7,11H2,1-3H3,(H,22,25). The molecule has 0 spiro atoms. The van der Waals surface area contributed by atoms with E-state index < -0.39 is 21.5 Å². The Kier molecular flexibility index (Phi) is 5.63. The second kappa shape index (κ2) is 7.67. The number of carbonyl (C=O) groups is 2. The third kappa shape index (κ3) is 4.12. The predicted molar refractivity (Wildman–Crippen MR) is 112 cm³/mol. The van der Waals surface area contributed by atoms with E-state index in [1.54, 1.807) is 12.1 Å². The fourth-order valence-corrected chi connectivity index (χ4v) is 5.36. The Balaban J connectivity index is 1.90. The number of fused-ring (bicyclic) bond motifs is 1. The maximum Gasteiger partial charge on any atom is 0.239 e. The van der Waals surface area contributed by atoms with Crippen molar-refractivity contribution in [1.29, 1.82) is 0 Å². The van der Waals surface area contributed by atoms with Crippen LogP contribution in [0.1, 0.15) is 23.6 Å². The summed E-state index contributed by atoms with van der Waals surface area (Å²) in [6.45, 7) is 5.71. The van der Waals surface area contributed by atoms with Crippen molar-refractivity contribution in [2.45, 2.75) is 32.1 Å². The summed E-state index contributed by atoms with van der Waals surface area (Å²) in [5.74, 6) is -1.55. The zero-order valence-corrected chi connectivity index (χ0v) is 18.3. The third-order valence-electron chi connectivity index (χ3n) is 4.82. The molecule has 2 aromatic rings. The van der Waals surface area contributed by atoms with Crippen molar-refractivity contribution in [3.63, 3.8) is 0 Å². The van der Waals surface area contributed by atoms with E-state index in [-0.39, 0.29) is 10.8 Å². The molecule has 1 N–H and O–H groups in total. The first-order valence-electron chi connectivity index (χ1n) is 8.79. The molecule has 8 heteroatoms. The summed E-state index contributed by atoms with van der Waals surface area (Å²) in [6.07, 6.45) is 0.575. The topological polar surface area (TPSA) is 83.6 Å². The lowest BCUT2D eigenvalue weighted by Gasteiger charge is -2.19. The van der Waals surface area contributed by atoms with Crippen molar-refractivity contribution >= 4 is 49.0 Å². The van der Waals surface area contributed by atoms with Gasteiger partial charge >= 0.3 is 0 Å². The van der Waals surface area contributed by atoms with E-state index in [0.29, 0.717) is 28.8 Å². The van der Waals surface area contributed by atoms with Crippen LogP contribution in [0.2, 0.25) is 0 Å². The van der Waals surface area contributed by atoms with Gasteiger partial charge in [0.2, 0.25) is 11.8 Å². The molecule has 2 aromatic carbocycles. The fourth-order valence-electron chi connectivity index (χ4n) is 3.29. The van der Waals surface area contributed by atoms with E-state index in [0.717, 1.165) is 16.7 Å². The van der Waals surface area contributed by atoms with E-state index in [2.05, 4.69) is 21.2 Å². The molecule has 148 valence electrons. The van der Waals surface area contributed by atoms with Gasteiger partial charge in [-0.2, -0.15) is 0 Å². The molecule has 0 aliphatic carbocycles. The Labute approximate surface area is 173 Å². The molecule has 0 fully saturated rings. The maximum absolute atomic E-state index is 13.0. The molecular weight excluding hydrogens is 444 g/mol. The van der Waals surface area contributed by atoms with Gasteiger partial charge in [-0.3, -0.25) is 9.59 Å². The number of nitrogens with one attached hydrogen (secondary N) is 1. The number of sulfone groups is 1. The number of nitrogens with zero attached hydrogens (tertiary/aromatic N) is 1. The van der Waals surface area contributed by atoms with Crippen LogP contribution in [0.5, 0.6) is 0 Å². The minimum Gasteiger partial charge on any atom is -0.325 e. The van der Waals surface area contributed by atoms with Gasteiger partial charge in [-0.05, 0) is 61.2 Å². The van der Waals surface area contributed by atoms with E-state index in [1.165, 1.54) is 17.9 Å². The summed E-state index contributed by atoms with van der Waals surface area (Å²) < 4.78 is 26.6. The van der Waals surface area contributed by atoms with Crippen molar-refractivity contribution < 1.29 is 18.0 Å². The molecule has 1 aliphatic rings. The number of anilines is 2. The van der Waals surface area contributed by atoms with Gasteiger partial charge in [0, 0.05) is 23.6 Å². The molecule has 0 bridgehead atoms. The van der Waals surface area contributed by atoms with Crippen LogP contribution in [0.25, 0.3) is 0 Å². The molecule has 1 aliphatic heterocycles. The lowest BCUT2D eigenvalue weighted by atomic mass is 10.1. The summed E-state index contributed by atoms with van der Waals surface area (Å²) in [5.41, 5.74) is 3.79. The summed E-state index contributed by atoms with van der Waals surface area (Å²) in [6, 6.07) is 8.67. The number of hydrogen-bond donors (Lipinski definition) is 1. The highest BCUT2D eigenvalue weighted by Gasteiger charge is 2.32. The van der Waals surface area contributed by atoms with Crippen molar-refractivity contribution in [1.82, 2.24) is 0 Å². The molecule has 2 amide bonds. The first-order chi connectivity index (χ1) is 13.1. The Bertz CT molecular complexity index is 1080. The van der Waals surface area contributed by atoms with E-state index in [4.69, 9.17) is 0 Å². The van der Waals surface area contributed by atoms with Crippen molar-refractivity contribution in [2.75, 3.05) is 22.5 Å². The molecule has 0 saturated heterocycles. The fraction of sp³-hybridized carbons (Fsp3) is 0.300. The number of amides is 2. The minimum atomic E-state index is -3.95. The van der Waals surface area contributed by atoms with Gasteiger partial charge in [0.05, 0.1) is 10.6 Å². The number of carbonyl (C=O) groups excluding carboxylic acids is 2. The largest absolute Gasteiger partial charge is 0.325 e. The monoisotopic (exact) mass is 464 g/mol. The van der Waals surface area contributed by atoms with Crippen LogP contribution in [0.15, 0.2) is 39.7 Å². The van der Waals surface area contributed by atoms with Crippen LogP contribution in [-0.2, 0) is 25.8 Å². The van der Waals surface area contributed by atoms with Crippen LogP contribution >= 0.6 is 15.9 Å². The van der Waals surface area contributed by atoms with Crippen LogP contribution in [0, 0.1) is 13.8 Å². The average Bonchev–Trinajstić information content (AvgIpc) is 3.00. The average molecular weight is 465 g/mol. The zero-order chi connectivity index (χ0) is 20.6. The van der Waals surface area contributed by atoms with Gasteiger partial charge in [0.1, 0.15) is 5.75 Å². The molecule has 0 radical (unpaired) electrons.